The fourth-order valence-electron chi connectivity index (χ4n) is 1.45. The first kappa shape index (κ1) is 9.37. The van der Waals surface area contributed by atoms with Gasteiger partial charge in [-0.1, -0.05) is 0 Å². The van der Waals surface area contributed by atoms with Gasteiger partial charge in [0.05, 0.1) is 24.8 Å². The third-order valence-electron chi connectivity index (χ3n) is 2.12. The number of furan rings is 2. The molecule has 14 heavy (non-hydrogen) atoms. The molecule has 2 aromatic heterocycles. The molecule has 0 bridgehead atoms. The second-order valence-electron chi connectivity index (χ2n) is 2.93. The van der Waals surface area contributed by atoms with E-state index in [4.69, 9.17) is 20.4 Å². The average molecular weight is 212 g/mol. The predicted octanol–water partition coefficient (Wildman–Crippen LogP) is 2.83. The van der Waals surface area contributed by atoms with Crippen molar-refractivity contribution in [3.63, 3.8) is 0 Å². The third kappa shape index (κ3) is 1.56. The minimum absolute atomic E-state index is 0.0139. The van der Waals surface area contributed by atoms with Gasteiger partial charge in [0.1, 0.15) is 0 Å². The lowest BCUT2D eigenvalue weighted by atomic mass is 10.1. The molecule has 0 amide bonds. The van der Waals surface area contributed by atoms with Crippen LogP contribution in [0, 0.1) is 0 Å². The molecule has 0 spiro atoms. The van der Waals surface area contributed by atoms with E-state index in [-0.39, 0.29) is 6.04 Å². The second kappa shape index (κ2) is 3.90. The van der Waals surface area contributed by atoms with Crippen molar-refractivity contribution in [2.45, 2.75) is 6.04 Å². The highest BCUT2D eigenvalue weighted by molar-refractivity contribution is 6.29. The molecule has 2 rings (SSSR count). The fraction of sp³-hybridized carbons (Fsp3) is 0.200. The molecule has 2 aromatic rings. The molecule has 0 fully saturated rings. The molecule has 1 unspecified atom stereocenters. The zero-order valence-electron chi connectivity index (χ0n) is 7.66. The number of halogens is 1. The van der Waals surface area contributed by atoms with Gasteiger partial charge in [0.15, 0.2) is 5.22 Å². The monoisotopic (exact) mass is 211 g/mol. The lowest BCUT2D eigenvalue weighted by Gasteiger charge is -2.12. The van der Waals surface area contributed by atoms with Crippen LogP contribution in [0.15, 0.2) is 39.8 Å². The Balaban J connectivity index is 2.36. The van der Waals surface area contributed by atoms with Crippen molar-refractivity contribution >= 4 is 11.6 Å². The molecule has 0 aliphatic heterocycles. The first-order valence-corrected chi connectivity index (χ1v) is 4.63. The molecule has 0 aliphatic carbocycles. The number of nitrogens with one attached hydrogen (secondary N) is 1. The Kier molecular flexibility index (Phi) is 2.61. The fourth-order valence-corrected chi connectivity index (χ4v) is 1.67. The van der Waals surface area contributed by atoms with Gasteiger partial charge in [0.2, 0.25) is 0 Å². The van der Waals surface area contributed by atoms with Crippen LogP contribution >= 0.6 is 11.6 Å². The van der Waals surface area contributed by atoms with E-state index in [1.807, 2.05) is 19.2 Å². The minimum atomic E-state index is 0.0139. The number of rotatable bonds is 3. The van der Waals surface area contributed by atoms with Gasteiger partial charge in [0.25, 0.3) is 0 Å². The smallest absolute Gasteiger partial charge is 0.198 e. The Morgan fingerprint density at radius 2 is 2.21 bits per heavy atom. The molecule has 3 nitrogen and oxygen atoms in total. The zero-order chi connectivity index (χ0) is 9.97. The van der Waals surface area contributed by atoms with Gasteiger partial charge in [-0.2, -0.15) is 0 Å². The molecule has 1 N–H and O–H groups in total. The maximum Gasteiger partial charge on any atom is 0.198 e. The van der Waals surface area contributed by atoms with E-state index in [2.05, 4.69) is 5.32 Å². The van der Waals surface area contributed by atoms with Crippen molar-refractivity contribution in [1.29, 1.82) is 0 Å². The highest BCUT2D eigenvalue weighted by Gasteiger charge is 2.17. The van der Waals surface area contributed by atoms with Crippen molar-refractivity contribution in [3.05, 3.63) is 47.3 Å². The first-order chi connectivity index (χ1) is 6.83. The number of hydrogen-bond donors (Lipinski definition) is 1. The van der Waals surface area contributed by atoms with E-state index in [0.717, 1.165) is 11.1 Å². The van der Waals surface area contributed by atoms with Crippen molar-refractivity contribution in [2.75, 3.05) is 7.05 Å². The normalized spacial score (nSPS) is 13.0. The first-order valence-electron chi connectivity index (χ1n) is 4.25. The molecule has 0 saturated carbocycles. The van der Waals surface area contributed by atoms with Crippen LogP contribution in [0.5, 0.6) is 0 Å². The van der Waals surface area contributed by atoms with Crippen molar-refractivity contribution < 1.29 is 8.83 Å². The van der Waals surface area contributed by atoms with Gasteiger partial charge in [-0.25, -0.2) is 0 Å². The van der Waals surface area contributed by atoms with Gasteiger partial charge in [-0.05, 0) is 30.8 Å². The Bertz CT molecular complexity index is 394. The molecule has 74 valence electrons. The lowest BCUT2D eigenvalue weighted by molar-refractivity contribution is 0.550. The Labute approximate surface area is 86.7 Å². The summed E-state index contributed by atoms with van der Waals surface area (Å²) in [7, 11) is 1.86. The Hall–Kier alpha value is -1.19. The van der Waals surface area contributed by atoms with Crippen LogP contribution in [-0.2, 0) is 0 Å². The maximum absolute atomic E-state index is 5.89. The molecule has 0 aromatic carbocycles. The molecule has 0 saturated heterocycles. The van der Waals surface area contributed by atoms with Gasteiger partial charge in [-0.3, -0.25) is 0 Å². The third-order valence-corrected chi connectivity index (χ3v) is 2.43. The molecule has 1 atom stereocenters. The molecule has 2 heterocycles. The molecular formula is C10H10ClNO2. The Morgan fingerprint density at radius 1 is 1.36 bits per heavy atom. The highest BCUT2D eigenvalue weighted by atomic mass is 35.5. The van der Waals surface area contributed by atoms with E-state index in [9.17, 15) is 0 Å². The minimum Gasteiger partial charge on any atom is -0.472 e. The van der Waals surface area contributed by atoms with E-state index in [1.54, 1.807) is 18.8 Å². The number of hydrogen-bond acceptors (Lipinski definition) is 3. The average Bonchev–Trinajstić information content (AvgIpc) is 2.80. The van der Waals surface area contributed by atoms with Crippen LogP contribution in [0.1, 0.15) is 17.2 Å². The Morgan fingerprint density at radius 3 is 2.71 bits per heavy atom. The van der Waals surface area contributed by atoms with Crippen LogP contribution < -0.4 is 5.32 Å². The summed E-state index contributed by atoms with van der Waals surface area (Å²) in [4.78, 5) is 0. The maximum atomic E-state index is 5.89. The largest absolute Gasteiger partial charge is 0.472 e. The molecule has 0 aliphatic rings. The van der Waals surface area contributed by atoms with Crippen LogP contribution in [-0.4, -0.2) is 7.05 Å². The van der Waals surface area contributed by atoms with Crippen LogP contribution in [0.2, 0.25) is 5.22 Å². The molecule has 4 heteroatoms. The topological polar surface area (TPSA) is 38.3 Å². The summed E-state index contributed by atoms with van der Waals surface area (Å²) in [5.41, 5.74) is 1.94. The summed E-state index contributed by atoms with van der Waals surface area (Å²) < 4.78 is 10.1. The van der Waals surface area contributed by atoms with E-state index < -0.39 is 0 Å². The van der Waals surface area contributed by atoms with Gasteiger partial charge >= 0.3 is 0 Å². The second-order valence-corrected chi connectivity index (χ2v) is 3.27. The molecular weight excluding hydrogens is 202 g/mol. The highest BCUT2D eigenvalue weighted by Crippen LogP contribution is 2.28. The molecule has 0 radical (unpaired) electrons. The zero-order valence-corrected chi connectivity index (χ0v) is 8.41. The van der Waals surface area contributed by atoms with Crippen molar-refractivity contribution in [2.24, 2.45) is 0 Å². The van der Waals surface area contributed by atoms with Crippen molar-refractivity contribution in [3.8, 4) is 0 Å². The van der Waals surface area contributed by atoms with Crippen LogP contribution in [0.4, 0.5) is 0 Å². The standard InChI is InChI=1S/C10H10ClNO2/c1-12-9(7-2-4-13-6-7)8-3-5-14-10(8)11/h2-6,9,12H,1H3. The summed E-state index contributed by atoms with van der Waals surface area (Å²) in [6.07, 6.45) is 4.89. The van der Waals surface area contributed by atoms with E-state index in [1.165, 1.54) is 0 Å². The van der Waals surface area contributed by atoms with E-state index >= 15 is 0 Å². The van der Waals surface area contributed by atoms with Gasteiger partial charge in [-0.15, -0.1) is 0 Å². The summed E-state index contributed by atoms with van der Waals surface area (Å²) in [6.45, 7) is 0. The SMILES string of the molecule is CNC(c1ccoc1)c1ccoc1Cl. The quantitative estimate of drug-likeness (QED) is 0.849. The van der Waals surface area contributed by atoms with Crippen molar-refractivity contribution in [1.82, 2.24) is 5.32 Å². The van der Waals surface area contributed by atoms with Gasteiger partial charge < -0.3 is 14.2 Å². The van der Waals surface area contributed by atoms with Crippen LogP contribution in [0.25, 0.3) is 0 Å². The lowest BCUT2D eigenvalue weighted by Crippen LogP contribution is -2.16. The predicted molar refractivity (Wildman–Crippen MR) is 53.3 cm³/mol. The summed E-state index contributed by atoms with van der Waals surface area (Å²) in [5.74, 6) is 0. The summed E-state index contributed by atoms with van der Waals surface area (Å²) in [5, 5.41) is 3.55. The summed E-state index contributed by atoms with van der Waals surface area (Å²) in [6, 6.07) is 3.75. The van der Waals surface area contributed by atoms with E-state index in [0.29, 0.717) is 5.22 Å². The van der Waals surface area contributed by atoms with Gasteiger partial charge in [0, 0.05) is 11.1 Å². The summed E-state index contributed by atoms with van der Waals surface area (Å²) >= 11 is 5.89. The van der Waals surface area contributed by atoms with Crippen LogP contribution in [0.3, 0.4) is 0 Å².